The fraction of sp³-hybridized carbons (Fsp3) is 0.500. The summed E-state index contributed by atoms with van der Waals surface area (Å²) in [7, 11) is 0. The Balaban J connectivity index is 2.13. The van der Waals surface area contributed by atoms with Gasteiger partial charge in [0.1, 0.15) is 11.6 Å². The highest BCUT2D eigenvalue weighted by molar-refractivity contribution is 5.62. The molecule has 0 radical (unpaired) electrons. The molecule has 0 unspecified atom stereocenters. The molecule has 14 heavy (non-hydrogen) atoms. The van der Waals surface area contributed by atoms with Gasteiger partial charge in [-0.25, -0.2) is 4.98 Å². The number of anilines is 3. The van der Waals surface area contributed by atoms with Gasteiger partial charge in [-0.3, -0.25) is 0 Å². The van der Waals surface area contributed by atoms with Gasteiger partial charge in [0.2, 0.25) is 0 Å². The molecule has 0 saturated heterocycles. The first-order valence-electron chi connectivity index (χ1n) is 4.89. The molecule has 1 aromatic rings. The van der Waals surface area contributed by atoms with Gasteiger partial charge in [-0.2, -0.15) is 0 Å². The highest BCUT2D eigenvalue weighted by Crippen LogP contribution is 2.34. The first-order chi connectivity index (χ1) is 6.59. The zero-order valence-electron chi connectivity index (χ0n) is 8.38. The Labute approximate surface area is 83.7 Å². The standard InChI is InChI=1S/C10H16N4/c1-10(5-2-6-10)14-8-4-3-7(11)9(12)13-8/h3-4H,2,5-6,11H2,1H3,(H3,12,13,14). The minimum Gasteiger partial charge on any atom is -0.396 e. The van der Waals surface area contributed by atoms with Gasteiger partial charge >= 0.3 is 0 Å². The van der Waals surface area contributed by atoms with Gasteiger partial charge < -0.3 is 16.8 Å². The van der Waals surface area contributed by atoms with Crippen LogP contribution in [0.3, 0.4) is 0 Å². The van der Waals surface area contributed by atoms with Gasteiger partial charge in [-0.1, -0.05) is 0 Å². The minimum absolute atomic E-state index is 0.204. The molecule has 1 fully saturated rings. The summed E-state index contributed by atoms with van der Waals surface area (Å²) in [6.45, 7) is 2.20. The van der Waals surface area contributed by atoms with Crippen molar-refractivity contribution in [2.24, 2.45) is 0 Å². The van der Waals surface area contributed by atoms with Gasteiger partial charge in [0.05, 0.1) is 5.69 Å². The maximum atomic E-state index is 5.62. The number of nitrogens with two attached hydrogens (primary N) is 2. The second-order valence-corrected chi connectivity index (χ2v) is 4.21. The predicted molar refractivity (Wildman–Crippen MR) is 58.9 cm³/mol. The van der Waals surface area contributed by atoms with E-state index in [0.717, 1.165) is 5.82 Å². The Bertz CT molecular complexity index is 344. The van der Waals surface area contributed by atoms with Crippen molar-refractivity contribution in [2.75, 3.05) is 16.8 Å². The van der Waals surface area contributed by atoms with E-state index in [2.05, 4.69) is 17.2 Å². The Morgan fingerprint density at radius 2 is 2.07 bits per heavy atom. The number of hydrogen-bond acceptors (Lipinski definition) is 4. The lowest BCUT2D eigenvalue weighted by Gasteiger charge is -2.39. The van der Waals surface area contributed by atoms with Crippen LogP contribution >= 0.6 is 0 Å². The summed E-state index contributed by atoms with van der Waals surface area (Å²) in [6.07, 6.45) is 3.67. The summed E-state index contributed by atoms with van der Waals surface area (Å²) >= 11 is 0. The molecular formula is C10H16N4. The minimum atomic E-state index is 0.204. The van der Waals surface area contributed by atoms with Crippen LogP contribution in [0.4, 0.5) is 17.3 Å². The van der Waals surface area contributed by atoms with E-state index in [1.165, 1.54) is 19.3 Å². The third-order valence-corrected chi connectivity index (χ3v) is 2.84. The first-order valence-corrected chi connectivity index (χ1v) is 4.89. The molecule has 0 amide bonds. The fourth-order valence-electron chi connectivity index (χ4n) is 1.70. The monoisotopic (exact) mass is 192 g/mol. The fourth-order valence-corrected chi connectivity index (χ4v) is 1.70. The molecule has 76 valence electrons. The number of hydrogen-bond donors (Lipinski definition) is 3. The van der Waals surface area contributed by atoms with Crippen molar-refractivity contribution < 1.29 is 0 Å². The van der Waals surface area contributed by atoms with Crippen molar-refractivity contribution >= 4 is 17.3 Å². The van der Waals surface area contributed by atoms with Crippen LogP contribution < -0.4 is 16.8 Å². The van der Waals surface area contributed by atoms with Crippen molar-refractivity contribution in [1.29, 1.82) is 0 Å². The highest BCUT2D eigenvalue weighted by atomic mass is 15.1. The van der Waals surface area contributed by atoms with Crippen LogP contribution in [-0.4, -0.2) is 10.5 Å². The molecule has 1 saturated carbocycles. The molecular weight excluding hydrogens is 176 g/mol. The summed E-state index contributed by atoms with van der Waals surface area (Å²) in [6, 6.07) is 3.65. The van der Waals surface area contributed by atoms with Crippen molar-refractivity contribution in [3.05, 3.63) is 12.1 Å². The summed E-state index contributed by atoms with van der Waals surface area (Å²) in [5, 5.41) is 3.38. The largest absolute Gasteiger partial charge is 0.396 e. The molecule has 1 aromatic heterocycles. The summed E-state index contributed by atoms with van der Waals surface area (Å²) in [5.41, 5.74) is 11.9. The molecule has 4 heteroatoms. The number of nitrogens with zero attached hydrogens (tertiary/aromatic N) is 1. The Morgan fingerprint density at radius 1 is 1.36 bits per heavy atom. The SMILES string of the molecule is CC1(Nc2ccc(N)c(N)n2)CCC1. The van der Waals surface area contributed by atoms with Crippen molar-refractivity contribution in [1.82, 2.24) is 4.98 Å². The van der Waals surface area contributed by atoms with Crippen molar-refractivity contribution in [3.63, 3.8) is 0 Å². The van der Waals surface area contributed by atoms with Crippen LogP contribution in [0.2, 0.25) is 0 Å². The number of aromatic nitrogens is 1. The summed E-state index contributed by atoms with van der Waals surface area (Å²) < 4.78 is 0. The lowest BCUT2D eigenvalue weighted by Crippen LogP contribution is -2.41. The molecule has 0 bridgehead atoms. The second kappa shape index (κ2) is 3.04. The third-order valence-electron chi connectivity index (χ3n) is 2.84. The van der Waals surface area contributed by atoms with Gasteiger partial charge in [0.25, 0.3) is 0 Å². The Hall–Kier alpha value is -1.45. The molecule has 1 aliphatic rings. The van der Waals surface area contributed by atoms with E-state index >= 15 is 0 Å². The predicted octanol–water partition coefficient (Wildman–Crippen LogP) is 1.60. The number of rotatable bonds is 2. The quantitative estimate of drug-likeness (QED) is 0.665. The van der Waals surface area contributed by atoms with Gasteiger partial charge in [-0.15, -0.1) is 0 Å². The molecule has 0 spiro atoms. The smallest absolute Gasteiger partial charge is 0.149 e. The highest BCUT2D eigenvalue weighted by Gasteiger charge is 2.31. The number of nitrogen functional groups attached to an aromatic ring is 2. The van der Waals surface area contributed by atoms with Crippen LogP contribution in [0, 0.1) is 0 Å². The first kappa shape index (κ1) is 9.12. The van der Waals surface area contributed by atoms with Gasteiger partial charge in [0, 0.05) is 5.54 Å². The van der Waals surface area contributed by atoms with E-state index in [4.69, 9.17) is 11.5 Å². The van der Waals surface area contributed by atoms with Crippen LogP contribution in [0.1, 0.15) is 26.2 Å². The topological polar surface area (TPSA) is 77.0 Å². The third kappa shape index (κ3) is 1.60. The van der Waals surface area contributed by atoms with E-state index in [0.29, 0.717) is 11.5 Å². The van der Waals surface area contributed by atoms with E-state index in [1.54, 1.807) is 6.07 Å². The van der Waals surface area contributed by atoms with Gasteiger partial charge in [-0.05, 0) is 38.3 Å². The lowest BCUT2D eigenvalue weighted by atomic mass is 9.78. The van der Waals surface area contributed by atoms with Crippen molar-refractivity contribution in [3.8, 4) is 0 Å². The molecule has 0 aliphatic heterocycles. The zero-order valence-corrected chi connectivity index (χ0v) is 8.38. The molecule has 1 aliphatic carbocycles. The van der Waals surface area contributed by atoms with E-state index in [-0.39, 0.29) is 5.54 Å². The molecule has 0 aromatic carbocycles. The van der Waals surface area contributed by atoms with Gasteiger partial charge in [0.15, 0.2) is 0 Å². The Morgan fingerprint density at radius 3 is 2.57 bits per heavy atom. The molecule has 1 heterocycles. The lowest BCUT2D eigenvalue weighted by molar-refractivity contribution is 0.306. The Kier molecular flexibility index (Phi) is 1.98. The summed E-state index contributed by atoms with van der Waals surface area (Å²) in [4.78, 5) is 4.18. The summed E-state index contributed by atoms with van der Waals surface area (Å²) in [5.74, 6) is 1.22. The molecule has 5 N–H and O–H groups in total. The van der Waals surface area contributed by atoms with Crippen LogP contribution in [-0.2, 0) is 0 Å². The van der Waals surface area contributed by atoms with Crippen LogP contribution in [0.25, 0.3) is 0 Å². The van der Waals surface area contributed by atoms with Crippen LogP contribution in [0.5, 0.6) is 0 Å². The zero-order chi connectivity index (χ0) is 10.2. The number of nitrogens with one attached hydrogen (secondary N) is 1. The molecule has 0 atom stereocenters. The average Bonchev–Trinajstić information content (AvgIpc) is 2.09. The molecule has 2 rings (SSSR count). The van der Waals surface area contributed by atoms with Crippen LogP contribution in [0.15, 0.2) is 12.1 Å². The normalized spacial score (nSPS) is 18.6. The van der Waals surface area contributed by atoms with E-state index in [9.17, 15) is 0 Å². The number of pyridine rings is 1. The van der Waals surface area contributed by atoms with E-state index in [1.807, 2.05) is 6.07 Å². The average molecular weight is 192 g/mol. The second-order valence-electron chi connectivity index (χ2n) is 4.21. The maximum Gasteiger partial charge on any atom is 0.149 e. The van der Waals surface area contributed by atoms with E-state index < -0.39 is 0 Å². The molecule has 4 nitrogen and oxygen atoms in total. The maximum absolute atomic E-state index is 5.62. The van der Waals surface area contributed by atoms with Crippen molar-refractivity contribution in [2.45, 2.75) is 31.7 Å².